The Bertz CT molecular complexity index is 1610. The highest BCUT2D eigenvalue weighted by molar-refractivity contribution is 5.76. The van der Waals surface area contributed by atoms with Gasteiger partial charge in [-0.25, -0.2) is 0 Å². The maximum Gasteiger partial charge on any atom is 0.0705 e. The molecule has 0 N–H and O–H groups in total. The number of nitrogens with zero attached hydrogens (tertiary/aromatic N) is 2. The molecule has 0 unspecified atom stereocenters. The van der Waals surface area contributed by atoms with Gasteiger partial charge in [-0.2, -0.15) is 0 Å². The fourth-order valence-corrected chi connectivity index (χ4v) is 5.22. The minimum Gasteiger partial charge on any atom is -0.320 e. The van der Waals surface area contributed by atoms with Gasteiger partial charge >= 0.3 is 0 Å². The third-order valence-electron chi connectivity index (χ3n) is 7.92. The van der Waals surface area contributed by atoms with Gasteiger partial charge in [-0.15, -0.1) is 0 Å². The molecule has 5 aromatic rings. The summed E-state index contributed by atoms with van der Waals surface area (Å²) in [6.45, 7) is 18.1. The predicted molar refractivity (Wildman–Crippen MR) is 172 cm³/mol. The summed E-state index contributed by atoms with van der Waals surface area (Å²) in [4.78, 5) is 4.85. The first-order valence-electron chi connectivity index (χ1n) is 14.3. The normalized spacial score (nSPS) is 12.5. The Labute approximate surface area is 240 Å². The monoisotopic (exact) mass is 524 g/mol. The number of aromatic nitrogens is 2. The molecule has 2 heteroatoms. The minimum atomic E-state index is 0.0144. The minimum absolute atomic E-state index is 0.0144. The summed E-state index contributed by atoms with van der Waals surface area (Å²) in [5, 5.41) is 0. The molecule has 0 bridgehead atoms. The zero-order valence-corrected chi connectivity index (χ0v) is 24.6. The molecule has 0 spiro atoms. The largest absolute Gasteiger partial charge is 0.320 e. The van der Waals surface area contributed by atoms with Crippen LogP contribution < -0.4 is 0 Å². The molecule has 40 heavy (non-hydrogen) atoms. The van der Waals surface area contributed by atoms with Crippen molar-refractivity contribution in [3.8, 4) is 33.6 Å². The Morgan fingerprint density at radius 3 is 2.10 bits per heavy atom. The zero-order chi connectivity index (χ0) is 28.4. The van der Waals surface area contributed by atoms with Crippen LogP contribution in [0.15, 0.2) is 116 Å². The Morgan fingerprint density at radius 1 is 0.750 bits per heavy atom. The Kier molecular flexibility index (Phi) is 7.63. The smallest absolute Gasteiger partial charge is 0.0705 e. The molecule has 0 radical (unpaired) electrons. The second kappa shape index (κ2) is 11.1. The van der Waals surface area contributed by atoms with Gasteiger partial charge in [0.1, 0.15) is 0 Å². The van der Waals surface area contributed by atoms with Crippen LogP contribution >= 0.6 is 0 Å². The molecule has 0 aliphatic heterocycles. The van der Waals surface area contributed by atoms with E-state index in [-0.39, 0.29) is 11.3 Å². The van der Waals surface area contributed by atoms with Gasteiger partial charge in [-0.3, -0.25) is 4.98 Å². The van der Waals surface area contributed by atoms with E-state index in [1.54, 1.807) is 0 Å². The van der Waals surface area contributed by atoms with E-state index >= 15 is 0 Å². The van der Waals surface area contributed by atoms with Gasteiger partial charge in [0, 0.05) is 29.6 Å². The lowest BCUT2D eigenvalue weighted by atomic mass is 9.89. The van der Waals surface area contributed by atoms with E-state index in [1.807, 2.05) is 6.20 Å². The summed E-state index contributed by atoms with van der Waals surface area (Å²) < 4.78 is 2.31. The molecular weight excluding hydrogens is 484 g/mol. The second-order valence-electron chi connectivity index (χ2n) is 12.1. The molecule has 3 aromatic carbocycles. The number of allylic oxidation sites excluding steroid dienone is 1. The molecule has 2 heterocycles. The molecule has 0 saturated heterocycles. The Hall–Kier alpha value is -4.17. The zero-order valence-electron chi connectivity index (χ0n) is 24.6. The van der Waals surface area contributed by atoms with Crippen LogP contribution in [0.5, 0.6) is 0 Å². The first kappa shape index (κ1) is 27.4. The van der Waals surface area contributed by atoms with Crippen LogP contribution in [0.2, 0.25) is 0 Å². The lowest BCUT2D eigenvalue weighted by molar-refractivity contribution is 0.590. The van der Waals surface area contributed by atoms with E-state index < -0.39 is 0 Å². The highest BCUT2D eigenvalue weighted by Crippen LogP contribution is 2.39. The van der Waals surface area contributed by atoms with E-state index in [0.717, 1.165) is 22.6 Å². The van der Waals surface area contributed by atoms with Gasteiger partial charge < -0.3 is 4.57 Å². The molecule has 0 saturated carbocycles. The molecule has 1 atom stereocenters. The third kappa shape index (κ3) is 5.58. The summed E-state index contributed by atoms with van der Waals surface area (Å²) in [6.07, 6.45) is 4.29. The van der Waals surface area contributed by atoms with Crippen molar-refractivity contribution in [1.82, 2.24) is 9.55 Å². The van der Waals surface area contributed by atoms with Gasteiger partial charge in [0.05, 0.1) is 11.4 Å². The predicted octanol–water partition coefficient (Wildman–Crippen LogP) is 10.6. The summed E-state index contributed by atoms with van der Waals surface area (Å²) in [6, 6.07) is 34.7. The van der Waals surface area contributed by atoms with Crippen molar-refractivity contribution in [2.45, 2.75) is 58.8 Å². The SMILES string of the molecule is C=C([C@H](C)c1ccccc1-c1ccc(C(C)C)cn1)n1cc(C(C)(C)C)cc1-c1cccc(-c2ccccc2)c1. The number of hydrogen-bond acceptors (Lipinski definition) is 1. The van der Waals surface area contributed by atoms with Gasteiger partial charge in [0.15, 0.2) is 0 Å². The first-order chi connectivity index (χ1) is 19.1. The molecular formula is C38H40N2. The maximum absolute atomic E-state index is 4.85. The van der Waals surface area contributed by atoms with Crippen molar-refractivity contribution in [1.29, 1.82) is 0 Å². The summed E-state index contributed by atoms with van der Waals surface area (Å²) in [5.41, 5.74) is 11.8. The fraction of sp³-hybridized carbons (Fsp3) is 0.237. The number of pyridine rings is 1. The van der Waals surface area contributed by atoms with Crippen molar-refractivity contribution in [2.75, 3.05) is 0 Å². The van der Waals surface area contributed by atoms with Gasteiger partial charge in [-0.05, 0) is 62.9 Å². The van der Waals surface area contributed by atoms with Crippen LogP contribution in [0.4, 0.5) is 0 Å². The van der Waals surface area contributed by atoms with Gasteiger partial charge in [0.25, 0.3) is 0 Å². The average molecular weight is 525 g/mol. The first-order valence-corrected chi connectivity index (χ1v) is 14.3. The number of rotatable bonds is 7. The van der Waals surface area contributed by atoms with Crippen molar-refractivity contribution < 1.29 is 0 Å². The summed E-state index contributed by atoms with van der Waals surface area (Å²) >= 11 is 0. The van der Waals surface area contributed by atoms with E-state index in [9.17, 15) is 0 Å². The van der Waals surface area contributed by atoms with Crippen LogP contribution in [-0.4, -0.2) is 9.55 Å². The fourth-order valence-electron chi connectivity index (χ4n) is 5.22. The van der Waals surface area contributed by atoms with Crippen LogP contribution in [0.3, 0.4) is 0 Å². The van der Waals surface area contributed by atoms with E-state index in [1.165, 1.54) is 33.4 Å². The van der Waals surface area contributed by atoms with Crippen LogP contribution in [0.25, 0.3) is 39.3 Å². The molecule has 0 amide bonds. The standard InChI is InChI=1S/C38H40N2/c1-26(2)32-20-21-36(39-24-32)35-19-12-11-18-34(35)27(3)28(4)40-25-33(38(5,6)7)23-37(40)31-17-13-16-30(22-31)29-14-9-8-10-15-29/h8-27H,4H2,1-3,5-7H3/t27-/m0/s1. The molecule has 0 aliphatic rings. The van der Waals surface area contributed by atoms with E-state index in [0.29, 0.717) is 5.92 Å². The van der Waals surface area contributed by atoms with Crippen molar-refractivity contribution >= 4 is 5.70 Å². The van der Waals surface area contributed by atoms with Crippen molar-refractivity contribution in [2.24, 2.45) is 0 Å². The van der Waals surface area contributed by atoms with Crippen LogP contribution in [0.1, 0.15) is 70.1 Å². The topological polar surface area (TPSA) is 17.8 Å². The molecule has 0 fully saturated rings. The molecule has 2 aromatic heterocycles. The number of benzene rings is 3. The van der Waals surface area contributed by atoms with Gasteiger partial charge in [-0.1, -0.05) is 127 Å². The molecule has 2 nitrogen and oxygen atoms in total. The molecule has 202 valence electrons. The van der Waals surface area contributed by atoms with E-state index in [2.05, 4.69) is 156 Å². The summed E-state index contributed by atoms with van der Waals surface area (Å²) in [7, 11) is 0. The maximum atomic E-state index is 4.85. The Morgan fingerprint density at radius 2 is 1.43 bits per heavy atom. The molecule has 5 rings (SSSR count). The average Bonchev–Trinajstić information content (AvgIpc) is 3.43. The molecule has 0 aliphatic carbocycles. The number of hydrogen-bond donors (Lipinski definition) is 0. The van der Waals surface area contributed by atoms with Crippen LogP contribution in [-0.2, 0) is 5.41 Å². The Balaban J connectivity index is 1.57. The quantitative estimate of drug-likeness (QED) is 0.207. The van der Waals surface area contributed by atoms with Crippen LogP contribution in [0, 0.1) is 0 Å². The highest BCUT2D eigenvalue weighted by Gasteiger charge is 2.23. The van der Waals surface area contributed by atoms with Gasteiger partial charge in [0.2, 0.25) is 0 Å². The second-order valence-corrected chi connectivity index (χ2v) is 12.1. The summed E-state index contributed by atoms with van der Waals surface area (Å²) in [5.74, 6) is 0.541. The van der Waals surface area contributed by atoms with Crippen molar-refractivity contribution in [3.05, 3.63) is 133 Å². The third-order valence-corrected chi connectivity index (χ3v) is 7.92. The van der Waals surface area contributed by atoms with Crippen molar-refractivity contribution in [3.63, 3.8) is 0 Å². The lowest BCUT2D eigenvalue weighted by Crippen LogP contribution is -2.10. The lowest BCUT2D eigenvalue weighted by Gasteiger charge is -2.22. The van der Waals surface area contributed by atoms with E-state index in [4.69, 9.17) is 4.98 Å². The highest BCUT2D eigenvalue weighted by atomic mass is 15.0.